The molecule has 210 valence electrons. The summed E-state index contributed by atoms with van der Waals surface area (Å²) in [7, 11) is 4.18. The van der Waals surface area contributed by atoms with Gasteiger partial charge in [-0.05, 0) is 114 Å². The zero-order valence-corrected chi connectivity index (χ0v) is 24.3. The van der Waals surface area contributed by atoms with Crippen molar-refractivity contribution in [2.45, 2.75) is 70.8 Å². The van der Waals surface area contributed by atoms with Crippen molar-refractivity contribution in [1.29, 1.82) is 0 Å². The smallest absolute Gasteiger partial charge is 0.175 e. The molecule has 5 rings (SSSR count). The second-order valence-electron chi connectivity index (χ2n) is 11.8. The van der Waals surface area contributed by atoms with Crippen molar-refractivity contribution in [3.63, 3.8) is 0 Å². The van der Waals surface area contributed by atoms with Crippen LogP contribution in [0.5, 0.6) is 5.75 Å². The summed E-state index contributed by atoms with van der Waals surface area (Å²) < 4.78 is 12.1. The molecule has 2 heterocycles. The maximum Gasteiger partial charge on any atom is 0.175 e. The van der Waals surface area contributed by atoms with Crippen molar-refractivity contribution in [3.8, 4) is 5.75 Å². The second kappa shape index (κ2) is 14.4. The van der Waals surface area contributed by atoms with Crippen LogP contribution >= 0.6 is 24.8 Å². The van der Waals surface area contributed by atoms with E-state index >= 15 is 0 Å². The molecule has 1 aromatic heterocycles. The highest BCUT2D eigenvalue weighted by Gasteiger charge is 2.29. The Balaban J connectivity index is 0.00000190. The van der Waals surface area contributed by atoms with Crippen molar-refractivity contribution >= 4 is 35.8 Å². The molecule has 1 aliphatic heterocycles. The van der Waals surface area contributed by atoms with Gasteiger partial charge in [-0.15, -0.1) is 24.8 Å². The topological polar surface area (TPSA) is 62.0 Å². The van der Waals surface area contributed by atoms with Crippen molar-refractivity contribution in [3.05, 3.63) is 23.4 Å². The number of aliphatic hydroxyl groups is 1. The van der Waals surface area contributed by atoms with Crippen LogP contribution in [-0.4, -0.2) is 67.0 Å². The molecular formula is C29H47Cl2N3O3. The number of ether oxygens (including phenoxy) is 1. The maximum absolute atomic E-state index is 9.75. The maximum atomic E-state index is 9.75. The minimum absolute atomic E-state index is 0. The van der Waals surface area contributed by atoms with Gasteiger partial charge in [0.15, 0.2) is 5.58 Å². The Hall–Kier alpha value is -1.05. The zero-order chi connectivity index (χ0) is 24.2. The predicted molar refractivity (Wildman–Crippen MR) is 154 cm³/mol. The van der Waals surface area contributed by atoms with Crippen LogP contribution in [0.1, 0.15) is 69.0 Å². The van der Waals surface area contributed by atoms with Crippen molar-refractivity contribution in [2.75, 3.05) is 46.9 Å². The zero-order valence-electron chi connectivity index (χ0n) is 22.7. The summed E-state index contributed by atoms with van der Waals surface area (Å²) in [4.78, 5) is 4.84. The van der Waals surface area contributed by atoms with E-state index in [0.717, 1.165) is 59.4 Å². The van der Waals surface area contributed by atoms with Gasteiger partial charge in [-0.3, -0.25) is 0 Å². The highest BCUT2D eigenvalue weighted by atomic mass is 35.5. The summed E-state index contributed by atoms with van der Waals surface area (Å²) >= 11 is 0. The van der Waals surface area contributed by atoms with E-state index in [9.17, 15) is 5.11 Å². The highest BCUT2D eigenvalue weighted by molar-refractivity contribution is 5.86. The third kappa shape index (κ3) is 7.98. The minimum atomic E-state index is 0. The Kier molecular flexibility index (Phi) is 11.8. The van der Waals surface area contributed by atoms with E-state index in [1.54, 1.807) is 0 Å². The molecule has 37 heavy (non-hydrogen) atoms. The Bertz CT molecular complexity index is 957. The van der Waals surface area contributed by atoms with Crippen LogP contribution in [0.4, 0.5) is 0 Å². The summed E-state index contributed by atoms with van der Waals surface area (Å²) in [6.07, 6.45) is 12.5. The molecule has 6 nitrogen and oxygen atoms in total. The molecule has 2 saturated carbocycles. The molecule has 0 bridgehead atoms. The second-order valence-corrected chi connectivity index (χ2v) is 11.8. The van der Waals surface area contributed by atoms with E-state index in [0.29, 0.717) is 18.4 Å². The lowest BCUT2D eigenvalue weighted by Crippen LogP contribution is -2.40. The molecule has 0 amide bonds. The fourth-order valence-corrected chi connectivity index (χ4v) is 6.26. The average molecular weight is 557 g/mol. The molecule has 0 radical (unpaired) electrons. The standard InChI is InChI=1S/C29H45N3O3.2ClH/c1-31(2)18-26-28(34-20-22-7-8-22)12-10-25-27(30-35-29(25)26)11-9-21-13-15-32(16-14-21)17-23-5-3-4-6-24(23)19-33;;/h10,12,21-24,33H,3-9,11,13-20H2,1-2H3;2*1H/t23-,24+;;/m1../s1. The van der Waals surface area contributed by atoms with E-state index in [1.165, 1.54) is 77.4 Å². The van der Waals surface area contributed by atoms with E-state index < -0.39 is 0 Å². The number of benzene rings is 1. The Morgan fingerprint density at radius 2 is 1.73 bits per heavy atom. The van der Waals surface area contributed by atoms with Crippen LogP contribution in [0.25, 0.3) is 11.0 Å². The van der Waals surface area contributed by atoms with Gasteiger partial charge in [0.05, 0.1) is 17.9 Å². The van der Waals surface area contributed by atoms with Gasteiger partial charge in [0.25, 0.3) is 0 Å². The molecule has 1 N–H and O–H groups in total. The lowest BCUT2D eigenvalue weighted by Gasteiger charge is -2.38. The molecule has 2 atom stereocenters. The van der Waals surface area contributed by atoms with E-state index in [-0.39, 0.29) is 24.8 Å². The summed E-state index contributed by atoms with van der Waals surface area (Å²) in [6, 6.07) is 4.29. The van der Waals surface area contributed by atoms with Gasteiger partial charge in [-0.1, -0.05) is 18.0 Å². The number of hydrogen-bond donors (Lipinski definition) is 1. The fourth-order valence-electron chi connectivity index (χ4n) is 6.26. The van der Waals surface area contributed by atoms with Crippen LogP contribution in [-0.2, 0) is 13.0 Å². The van der Waals surface area contributed by atoms with Crippen molar-refractivity contribution < 1.29 is 14.4 Å². The molecule has 3 fully saturated rings. The first-order valence-electron chi connectivity index (χ1n) is 14.1. The van der Waals surface area contributed by atoms with Gasteiger partial charge in [-0.25, -0.2) is 0 Å². The van der Waals surface area contributed by atoms with Crippen LogP contribution in [0, 0.1) is 23.7 Å². The summed E-state index contributed by atoms with van der Waals surface area (Å²) in [5.41, 5.74) is 3.14. The quantitative estimate of drug-likeness (QED) is 0.368. The molecule has 2 aromatic rings. The first kappa shape index (κ1) is 30.5. The number of aliphatic hydroxyl groups excluding tert-OH is 1. The van der Waals surface area contributed by atoms with Gasteiger partial charge in [0.1, 0.15) is 5.75 Å². The minimum Gasteiger partial charge on any atom is -0.493 e. The molecule has 3 aliphatic rings. The number of halogens is 2. The Morgan fingerprint density at radius 3 is 2.41 bits per heavy atom. The number of piperidine rings is 1. The summed E-state index contributed by atoms with van der Waals surface area (Å²) in [5.74, 6) is 3.67. The first-order chi connectivity index (χ1) is 17.1. The third-order valence-electron chi connectivity index (χ3n) is 8.71. The van der Waals surface area contributed by atoms with E-state index in [4.69, 9.17) is 9.26 Å². The number of rotatable bonds is 11. The lowest BCUT2D eigenvalue weighted by molar-refractivity contribution is 0.0826. The predicted octanol–water partition coefficient (Wildman–Crippen LogP) is 5.97. The molecule has 0 spiro atoms. The third-order valence-corrected chi connectivity index (χ3v) is 8.71. The molecule has 1 aromatic carbocycles. The number of aryl methyl sites for hydroxylation is 1. The SMILES string of the molecule is CN(C)Cc1c(OCC2CC2)ccc2c(CCC3CCN(C[C@H]4CCCC[C@H]4CO)CC3)noc12.Cl.Cl. The number of aromatic nitrogens is 1. The number of nitrogens with zero attached hydrogens (tertiary/aromatic N) is 3. The lowest BCUT2D eigenvalue weighted by atomic mass is 9.79. The van der Waals surface area contributed by atoms with Gasteiger partial charge in [0.2, 0.25) is 0 Å². The molecule has 2 aliphatic carbocycles. The van der Waals surface area contributed by atoms with E-state index in [2.05, 4.69) is 41.2 Å². The Morgan fingerprint density at radius 1 is 1.00 bits per heavy atom. The monoisotopic (exact) mass is 555 g/mol. The molecule has 0 unspecified atom stereocenters. The summed E-state index contributed by atoms with van der Waals surface area (Å²) in [5, 5.41) is 15.4. The number of hydrogen-bond acceptors (Lipinski definition) is 6. The fraction of sp³-hybridized carbons (Fsp3) is 0.759. The van der Waals surface area contributed by atoms with Gasteiger partial charge < -0.3 is 24.2 Å². The van der Waals surface area contributed by atoms with Crippen LogP contribution in [0.3, 0.4) is 0 Å². The average Bonchev–Trinajstić information content (AvgIpc) is 3.61. The van der Waals surface area contributed by atoms with Crippen molar-refractivity contribution in [1.82, 2.24) is 15.0 Å². The summed E-state index contributed by atoms with van der Waals surface area (Å²) in [6.45, 7) is 5.57. The van der Waals surface area contributed by atoms with Gasteiger partial charge >= 0.3 is 0 Å². The normalized spacial score (nSPS) is 23.1. The van der Waals surface area contributed by atoms with Gasteiger partial charge in [-0.2, -0.15) is 0 Å². The first-order valence-corrected chi connectivity index (χ1v) is 14.1. The number of fused-ring (bicyclic) bond motifs is 1. The Labute approximate surface area is 235 Å². The van der Waals surface area contributed by atoms with Crippen LogP contribution in [0.2, 0.25) is 0 Å². The molecular weight excluding hydrogens is 509 g/mol. The molecule has 1 saturated heterocycles. The van der Waals surface area contributed by atoms with Crippen LogP contribution < -0.4 is 4.74 Å². The van der Waals surface area contributed by atoms with Gasteiger partial charge in [0, 0.05) is 25.1 Å². The highest BCUT2D eigenvalue weighted by Crippen LogP contribution is 2.35. The largest absolute Gasteiger partial charge is 0.493 e. The molecule has 8 heteroatoms. The number of likely N-dealkylation sites (tertiary alicyclic amines) is 1. The van der Waals surface area contributed by atoms with Crippen LogP contribution in [0.15, 0.2) is 16.7 Å². The van der Waals surface area contributed by atoms with E-state index in [1.807, 2.05) is 0 Å². The van der Waals surface area contributed by atoms with Crippen molar-refractivity contribution in [2.24, 2.45) is 23.7 Å².